The number of nitrogens with one attached hydrogen (secondary N) is 1. The zero-order valence-corrected chi connectivity index (χ0v) is 48.7. The first-order valence-corrected chi connectivity index (χ1v) is 30.7. The summed E-state index contributed by atoms with van der Waals surface area (Å²) in [5, 5.41) is 120. The summed E-state index contributed by atoms with van der Waals surface area (Å²) >= 11 is 0. The molecule has 0 saturated carbocycles. The number of amides is 1. The summed E-state index contributed by atoms with van der Waals surface area (Å²) in [7, 11) is 0. The molecule has 0 bridgehead atoms. The Balaban J connectivity index is 1.51. The van der Waals surface area contributed by atoms with Crippen LogP contribution in [-0.2, 0) is 33.2 Å². The van der Waals surface area contributed by atoms with Crippen molar-refractivity contribution < 1.29 is 89.4 Å². The molecule has 19 heteroatoms. The minimum atomic E-state index is -1.99. The molecule has 17 unspecified atom stereocenters. The maximum atomic E-state index is 13.3. The SMILES string of the molecule is CC/C=C\C/C=C\C/C=C\CCCCCC(=O)NC(COC1OC(CO)C(OC2OC(CO)C(OC3OC(CO)C(O)C(O)C3O)C(O)C2O)C(O)C1O)C(O)/C=C/CC/C=C/CC/C=C/CCCCCCCCCCCCCCC. The minimum absolute atomic E-state index is 0.193. The van der Waals surface area contributed by atoms with Crippen molar-refractivity contribution in [1.29, 1.82) is 0 Å². The Morgan fingerprint density at radius 1 is 0.457 bits per heavy atom. The Morgan fingerprint density at radius 2 is 0.864 bits per heavy atom. The molecular formula is C62H107NO18. The monoisotopic (exact) mass is 1150 g/mol. The molecule has 0 aromatic heterocycles. The fourth-order valence-corrected chi connectivity index (χ4v) is 9.94. The number of carbonyl (C=O) groups is 1. The van der Waals surface area contributed by atoms with E-state index in [1.807, 2.05) is 6.08 Å². The fraction of sp³-hybridized carbons (Fsp3) is 0.790. The van der Waals surface area contributed by atoms with E-state index in [1.165, 1.54) is 83.5 Å². The standard InChI is InChI=1S/C62H107NO18/c1-3-5-7-9-11-13-15-17-18-19-20-21-22-23-24-25-26-28-29-31-33-35-37-39-46(67)45(63-50(68)40-38-36-34-32-30-27-16-14-12-10-8-6-4-2)44-76-60-56(74)53(71)58(48(42-65)78-60)81-62-57(75)54(72)59(49(43-66)79-62)80-61-55(73)52(70)51(69)47(41-64)77-61/h6,8,12,14,24-25,27,29-31,37,39,45-49,51-62,64-67,69-75H,3-5,7,9-11,13,15-23,26,28,32-36,38,40-44H2,1-2H3,(H,63,68)/b8-6-,14-12-,25-24+,30-27-,31-29+,39-37+. The number of hydrogen-bond donors (Lipinski definition) is 12. The second-order valence-electron chi connectivity index (χ2n) is 21.8. The van der Waals surface area contributed by atoms with Gasteiger partial charge in [-0.1, -0.05) is 170 Å². The Morgan fingerprint density at radius 3 is 1.38 bits per heavy atom. The molecule has 0 aromatic carbocycles. The van der Waals surface area contributed by atoms with Crippen LogP contribution in [-0.4, -0.2) is 193 Å². The summed E-state index contributed by atoms with van der Waals surface area (Å²) in [5.74, 6) is -0.322. The second kappa shape index (κ2) is 44.7. The van der Waals surface area contributed by atoms with Crippen molar-refractivity contribution in [3.05, 3.63) is 72.9 Å². The van der Waals surface area contributed by atoms with Crippen LogP contribution in [0.3, 0.4) is 0 Å². The fourth-order valence-electron chi connectivity index (χ4n) is 9.94. The molecule has 1 amide bonds. The van der Waals surface area contributed by atoms with E-state index in [2.05, 4.69) is 79.9 Å². The van der Waals surface area contributed by atoms with Gasteiger partial charge in [-0.05, 0) is 77.0 Å². The molecule has 3 saturated heterocycles. The average Bonchev–Trinajstić information content (AvgIpc) is 3.51. The quantitative estimate of drug-likeness (QED) is 0.0253. The van der Waals surface area contributed by atoms with Gasteiger partial charge in [0.1, 0.15) is 73.2 Å². The third-order valence-corrected chi connectivity index (χ3v) is 15.0. The van der Waals surface area contributed by atoms with Gasteiger partial charge in [-0.2, -0.15) is 0 Å². The Bertz CT molecular complexity index is 1760. The number of allylic oxidation sites excluding steroid dienone is 11. The van der Waals surface area contributed by atoms with Gasteiger partial charge in [0, 0.05) is 6.42 Å². The van der Waals surface area contributed by atoms with E-state index in [1.54, 1.807) is 6.08 Å². The molecule has 468 valence electrons. The summed E-state index contributed by atoms with van der Waals surface area (Å²) in [5.41, 5.74) is 0. The van der Waals surface area contributed by atoms with Gasteiger partial charge in [0.15, 0.2) is 18.9 Å². The Kier molecular flexibility index (Phi) is 40.0. The van der Waals surface area contributed by atoms with E-state index in [-0.39, 0.29) is 18.9 Å². The van der Waals surface area contributed by atoms with Crippen LogP contribution >= 0.6 is 0 Å². The largest absolute Gasteiger partial charge is 0.394 e. The smallest absolute Gasteiger partial charge is 0.220 e. The topological polar surface area (TPSA) is 307 Å². The molecule has 3 rings (SSSR count). The van der Waals surface area contributed by atoms with Gasteiger partial charge in [-0.25, -0.2) is 0 Å². The van der Waals surface area contributed by atoms with Crippen molar-refractivity contribution in [2.75, 3.05) is 26.4 Å². The average molecular weight is 1150 g/mol. The molecule has 3 aliphatic heterocycles. The highest BCUT2D eigenvalue weighted by atomic mass is 16.8. The maximum absolute atomic E-state index is 13.3. The highest BCUT2D eigenvalue weighted by molar-refractivity contribution is 5.76. The molecule has 3 aliphatic rings. The number of aliphatic hydroxyl groups is 11. The number of ether oxygens (including phenoxy) is 6. The summed E-state index contributed by atoms with van der Waals surface area (Å²) in [4.78, 5) is 13.3. The van der Waals surface area contributed by atoms with E-state index in [0.717, 1.165) is 64.2 Å². The van der Waals surface area contributed by atoms with Gasteiger partial charge in [-0.3, -0.25) is 4.79 Å². The lowest BCUT2D eigenvalue weighted by Crippen LogP contribution is -2.66. The number of aliphatic hydroxyl groups excluding tert-OH is 11. The van der Waals surface area contributed by atoms with Crippen molar-refractivity contribution >= 4 is 5.91 Å². The predicted molar refractivity (Wildman–Crippen MR) is 309 cm³/mol. The van der Waals surface area contributed by atoms with Crippen LogP contribution in [0.1, 0.15) is 181 Å². The van der Waals surface area contributed by atoms with Crippen LogP contribution in [0, 0.1) is 0 Å². The van der Waals surface area contributed by atoms with Crippen molar-refractivity contribution in [3.8, 4) is 0 Å². The normalized spacial score (nSPS) is 30.3. The Hall–Kier alpha value is -2.77. The van der Waals surface area contributed by atoms with E-state index in [4.69, 9.17) is 28.4 Å². The zero-order valence-electron chi connectivity index (χ0n) is 48.7. The predicted octanol–water partition coefficient (Wildman–Crippen LogP) is 5.82. The lowest BCUT2D eigenvalue weighted by molar-refractivity contribution is -0.379. The van der Waals surface area contributed by atoms with Gasteiger partial charge >= 0.3 is 0 Å². The van der Waals surface area contributed by atoms with Crippen LogP contribution in [0.15, 0.2) is 72.9 Å². The van der Waals surface area contributed by atoms with Gasteiger partial charge < -0.3 is 89.9 Å². The Labute approximate surface area is 483 Å². The van der Waals surface area contributed by atoms with E-state index >= 15 is 0 Å². The first kappa shape index (κ1) is 72.5. The molecule has 0 spiro atoms. The molecular weight excluding hydrogens is 1050 g/mol. The first-order chi connectivity index (χ1) is 39.3. The molecule has 3 fully saturated rings. The third-order valence-electron chi connectivity index (χ3n) is 15.0. The van der Waals surface area contributed by atoms with Crippen LogP contribution in [0.5, 0.6) is 0 Å². The van der Waals surface area contributed by atoms with Crippen LogP contribution in [0.2, 0.25) is 0 Å². The molecule has 17 atom stereocenters. The minimum Gasteiger partial charge on any atom is -0.394 e. The summed E-state index contributed by atoms with van der Waals surface area (Å²) in [6.07, 6.45) is 26.2. The maximum Gasteiger partial charge on any atom is 0.220 e. The zero-order chi connectivity index (χ0) is 59.0. The lowest BCUT2D eigenvalue weighted by Gasteiger charge is -2.48. The summed E-state index contributed by atoms with van der Waals surface area (Å²) in [6.45, 7) is 1.54. The number of rotatable bonds is 44. The number of hydrogen-bond acceptors (Lipinski definition) is 18. The molecule has 12 N–H and O–H groups in total. The number of unbranched alkanes of at least 4 members (excludes halogenated alkanes) is 18. The lowest BCUT2D eigenvalue weighted by atomic mass is 9.96. The molecule has 0 aromatic rings. The second-order valence-corrected chi connectivity index (χ2v) is 21.8. The van der Waals surface area contributed by atoms with E-state index < -0.39 is 124 Å². The van der Waals surface area contributed by atoms with E-state index in [0.29, 0.717) is 12.8 Å². The molecule has 81 heavy (non-hydrogen) atoms. The van der Waals surface area contributed by atoms with Crippen molar-refractivity contribution in [2.45, 2.75) is 285 Å². The highest BCUT2D eigenvalue weighted by Gasteiger charge is 2.53. The van der Waals surface area contributed by atoms with Crippen molar-refractivity contribution in [2.24, 2.45) is 0 Å². The third kappa shape index (κ3) is 28.3. The molecule has 3 heterocycles. The van der Waals surface area contributed by atoms with Crippen LogP contribution in [0.25, 0.3) is 0 Å². The summed E-state index contributed by atoms with van der Waals surface area (Å²) in [6, 6.07) is -1.01. The van der Waals surface area contributed by atoms with Crippen LogP contribution < -0.4 is 5.32 Å². The first-order valence-electron chi connectivity index (χ1n) is 30.7. The van der Waals surface area contributed by atoms with Gasteiger partial charge in [-0.15, -0.1) is 0 Å². The van der Waals surface area contributed by atoms with E-state index in [9.17, 15) is 61.0 Å². The molecule has 19 nitrogen and oxygen atoms in total. The van der Waals surface area contributed by atoms with Gasteiger partial charge in [0.05, 0.1) is 38.6 Å². The van der Waals surface area contributed by atoms with Gasteiger partial charge in [0.2, 0.25) is 5.91 Å². The van der Waals surface area contributed by atoms with Gasteiger partial charge in [0.25, 0.3) is 0 Å². The van der Waals surface area contributed by atoms with Crippen LogP contribution in [0.4, 0.5) is 0 Å². The van der Waals surface area contributed by atoms with Crippen molar-refractivity contribution in [3.63, 3.8) is 0 Å². The van der Waals surface area contributed by atoms with Crippen molar-refractivity contribution in [1.82, 2.24) is 5.32 Å². The highest BCUT2D eigenvalue weighted by Crippen LogP contribution is 2.33. The summed E-state index contributed by atoms with van der Waals surface area (Å²) < 4.78 is 34.2. The molecule has 0 radical (unpaired) electrons. The number of carbonyl (C=O) groups excluding carboxylic acids is 1. The molecule has 0 aliphatic carbocycles.